The monoisotopic (exact) mass is 430 g/mol. The molecule has 8 nitrogen and oxygen atoms in total. The van der Waals surface area contributed by atoms with Crippen molar-refractivity contribution >= 4 is 33.5 Å². The van der Waals surface area contributed by atoms with E-state index in [-0.39, 0.29) is 22.7 Å². The summed E-state index contributed by atoms with van der Waals surface area (Å²) < 4.78 is 2.31. The second-order valence-corrected chi connectivity index (χ2v) is 6.83. The van der Waals surface area contributed by atoms with Crippen molar-refractivity contribution in [2.45, 2.75) is 13.8 Å². The molecule has 0 spiro atoms. The highest BCUT2D eigenvalue weighted by atomic mass is 79.9. The van der Waals surface area contributed by atoms with Gasteiger partial charge in [-0.1, -0.05) is 15.9 Å². The van der Waals surface area contributed by atoms with Crippen LogP contribution >= 0.6 is 15.9 Å². The molecule has 0 radical (unpaired) electrons. The Morgan fingerprint density at radius 1 is 1.26 bits per heavy atom. The Kier molecular flexibility index (Phi) is 4.95. The van der Waals surface area contributed by atoms with Gasteiger partial charge in [0.25, 0.3) is 11.2 Å². The number of nitro benzene ring substituents is 1. The first-order valence-corrected chi connectivity index (χ1v) is 8.67. The molecule has 0 unspecified atom stereocenters. The minimum absolute atomic E-state index is 0.00979. The van der Waals surface area contributed by atoms with E-state index in [4.69, 9.17) is 0 Å². The summed E-state index contributed by atoms with van der Waals surface area (Å²) >= 11 is 3.39. The molecule has 2 aromatic carbocycles. The summed E-state index contributed by atoms with van der Waals surface area (Å²) in [7, 11) is 0. The fraction of sp³-hybridized carbons (Fsp3) is 0.111. The first kappa shape index (κ1) is 18.6. The molecular formula is C18H15BrN4O4. The van der Waals surface area contributed by atoms with Gasteiger partial charge in [0.15, 0.2) is 0 Å². The van der Waals surface area contributed by atoms with E-state index < -0.39 is 4.92 Å². The maximum atomic E-state index is 12.8. The average Bonchev–Trinajstić information content (AvgIpc) is 2.88. The van der Waals surface area contributed by atoms with Crippen LogP contribution in [-0.2, 0) is 0 Å². The molecule has 3 rings (SSSR count). The van der Waals surface area contributed by atoms with Crippen LogP contribution in [0.15, 0.2) is 50.7 Å². The van der Waals surface area contributed by atoms with Gasteiger partial charge in [0.05, 0.1) is 16.2 Å². The van der Waals surface area contributed by atoms with Crippen LogP contribution < -0.4 is 5.56 Å². The van der Waals surface area contributed by atoms with E-state index >= 15 is 0 Å². The number of non-ortho nitro benzene ring substituents is 1. The lowest BCUT2D eigenvalue weighted by atomic mass is 10.2. The van der Waals surface area contributed by atoms with Crippen LogP contribution in [0.1, 0.15) is 16.8 Å². The van der Waals surface area contributed by atoms with Gasteiger partial charge in [0, 0.05) is 28.5 Å². The highest BCUT2D eigenvalue weighted by Crippen LogP contribution is 2.30. The van der Waals surface area contributed by atoms with Crippen LogP contribution in [0.4, 0.5) is 11.4 Å². The normalized spacial score (nSPS) is 11.2. The number of aromatic hydroxyl groups is 1. The van der Waals surface area contributed by atoms with Crippen molar-refractivity contribution < 1.29 is 10.0 Å². The quantitative estimate of drug-likeness (QED) is 0.370. The Morgan fingerprint density at radius 3 is 2.67 bits per heavy atom. The van der Waals surface area contributed by atoms with E-state index in [2.05, 4.69) is 26.0 Å². The van der Waals surface area contributed by atoms with Crippen LogP contribution in [0.5, 0.6) is 5.75 Å². The van der Waals surface area contributed by atoms with Crippen molar-refractivity contribution in [2.75, 3.05) is 0 Å². The molecule has 27 heavy (non-hydrogen) atoms. The van der Waals surface area contributed by atoms with Crippen LogP contribution in [0.25, 0.3) is 5.69 Å². The molecule has 9 heteroatoms. The van der Waals surface area contributed by atoms with Crippen molar-refractivity contribution in [3.05, 3.63) is 78.2 Å². The van der Waals surface area contributed by atoms with Gasteiger partial charge in [-0.15, -0.1) is 0 Å². The molecule has 0 bridgehead atoms. The van der Waals surface area contributed by atoms with Crippen molar-refractivity contribution in [2.24, 2.45) is 4.99 Å². The number of hydrogen-bond acceptors (Lipinski definition) is 5. The molecule has 0 aliphatic heterocycles. The summed E-state index contributed by atoms with van der Waals surface area (Å²) in [5.74, 6) is -0.214. The Morgan fingerprint density at radius 2 is 2.00 bits per heavy atom. The highest BCUT2D eigenvalue weighted by Gasteiger charge is 2.14. The number of rotatable bonds is 4. The predicted molar refractivity (Wildman–Crippen MR) is 106 cm³/mol. The van der Waals surface area contributed by atoms with E-state index in [0.717, 1.165) is 16.1 Å². The Balaban J connectivity index is 2.03. The van der Waals surface area contributed by atoms with Gasteiger partial charge < -0.3 is 5.11 Å². The molecule has 0 aliphatic carbocycles. The summed E-state index contributed by atoms with van der Waals surface area (Å²) in [6.07, 6.45) is 1.29. The van der Waals surface area contributed by atoms with Crippen molar-refractivity contribution in [3.63, 3.8) is 0 Å². The summed E-state index contributed by atoms with van der Waals surface area (Å²) in [6, 6.07) is 9.05. The zero-order valence-electron chi connectivity index (χ0n) is 14.4. The number of phenols is 1. The number of aryl methyl sites for hydroxylation is 2. The fourth-order valence-corrected chi connectivity index (χ4v) is 3.09. The third-order valence-electron chi connectivity index (χ3n) is 4.02. The lowest BCUT2D eigenvalue weighted by molar-refractivity contribution is -0.384. The van der Waals surface area contributed by atoms with Crippen molar-refractivity contribution in [1.82, 2.24) is 9.78 Å². The topological polar surface area (TPSA) is 114 Å². The van der Waals surface area contributed by atoms with Crippen LogP contribution in [0, 0.1) is 24.0 Å². The molecule has 0 saturated heterocycles. The molecule has 0 atom stereocenters. The van der Waals surface area contributed by atoms with E-state index in [0.29, 0.717) is 16.9 Å². The van der Waals surface area contributed by atoms with Gasteiger partial charge >= 0.3 is 0 Å². The molecular weight excluding hydrogens is 416 g/mol. The number of halogens is 1. The summed E-state index contributed by atoms with van der Waals surface area (Å²) in [5.41, 5.74) is 1.96. The zero-order valence-corrected chi connectivity index (χ0v) is 16.0. The molecule has 0 saturated carbocycles. The molecule has 2 N–H and O–H groups in total. The average molecular weight is 431 g/mol. The fourth-order valence-electron chi connectivity index (χ4n) is 2.61. The number of aromatic nitrogens is 2. The summed E-state index contributed by atoms with van der Waals surface area (Å²) in [5, 5.41) is 23.7. The first-order chi connectivity index (χ1) is 12.8. The third kappa shape index (κ3) is 3.68. The van der Waals surface area contributed by atoms with Gasteiger partial charge in [-0.05, 0) is 43.7 Å². The molecule has 0 fully saturated rings. The number of nitrogens with zero attached hydrogens (tertiary/aromatic N) is 3. The van der Waals surface area contributed by atoms with E-state index in [1.807, 2.05) is 25.1 Å². The highest BCUT2D eigenvalue weighted by molar-refractivity contribution is 9.10. The molecule has 0 amide bonds. The number of hydrogen-bond donors (Lipinski definition) is 2. The number of aliphatic imine (C=N–C) groups is 1. The number of phenolic OH excluding ortho intramolecular Hbond substituents is 1. The van der Waals surface area contributed by atoms with Crippen LogP contribution in [0.3, 0.4) is 0 Å². The van der Waals surface area contributed by atoms with Crippen LogP contribution in [-0.4, -0.2) is 26.0 Å². The predicted octanol–water partition coefficient (Wildman–Crippen LogP) is 3.91. The number of nitro groups is 1. The molecule has 1 heterocycles. The zero-order chi connectivity index (χ0) is 19.7. The minimum Gasteiger partial charge on any atom is -0.506 e. The van der Waals surface area contributed by atoms with Crippen molar-refractivity contribution in [1.29, 1.82) is 0 Å². The Labute approximate surface area is 162 Å². The lowest BCUT2D eigenvalue weighted by Crippen LogP contribution is -2.18. The summed E-state index contributed by atoms with van der Waals surface area (Å²) in [6.45, 7) is 3.61. The maximum Gasteiger partial charge on any atom is 0.280 e. The van der Waals surface area contributed by atoms with Gasteiger partial charge in [-0.25, -0.2) is 4.68 Å². The standard InChI is InChI=1S/C18H15BrN4O4/c1-10-7-12(19)3-5-16(10)22-18(25)14(11(2)21-22)9-20-15-8-13(23(26)27)4-6-17(15)24/h3-9,21,24H,1-2H3. The molecule has 0 aliphatic rings. The number of benzene rings is 2. The Hall–Kier alpha value is -3.20. The third-order valence-corrected chi connectivity index (χ3v) is 4.51. The largest absolute Gasteiger partial charge is 0.506 e. The molecule has 3 aromatic rings. The number of aromatic amines is 1. The van der Waals surface area contributed by atoms with Gasteiger partial charge in [0.2, 0.25) is 0 Å². The van der Waals surface area contributed by atoms with Gasteiger partial charge in [-0.2, -0.15) is 0 Å². The van der Waals surface area contributed by atoms with Gasteiger partial charge in [-0.3, -0.25) is 25.0 Å². The molecule has 138 valence electrons. The van der Waals surface area contributed by atoms with E-state index in [9.17, 15) is 20.0 Å². The summed E-state index contributed by atoms with van der Waals surface area (Å²) in [4.78, 5) is 27.1. The lowest BCUT2D eigenvalue weighted by Gasteiger charge is -2.06. The van der Waals surface area contributed by atoms with Crippen molar-refractivity contribution in [3.8, 4) is 11.4 Å². The second kappa shape index (κ2) is 7.20. The van der Waals surface area contributed by atoms with E-state index in [1.165, 1.54) is 23.0 Å². The Bertz CT molecular complexity index is 1130. The van der Waals surface area contributed by atoms with Crippen LogP contribution in [0.2, 0.25) is 0 Å². The molecule has 1 aromatic heterocycles. The first-order valence-electron chi connectivity index (χ1n) is 7.87. The van der Waals surface area contributed by atoms with Gasteiger partial charge in [0.1, 0.15) is 11.4 Å². The van der Waals surface area contributed by atoms with E-state index in [1.54, 1.807) is 6.92 Å². The number of H-pyrrole nitrogens is 1. The second-order valence-electron chi connectivity index (χ2n) is 5.91. The smallest absolute Gasteiger partial charge is 0.280 e. The maximum absolute atomic E-state index is 12.8. The minimum atomic E-state index is -0.580. The SMILES string of the molecule is Cc1cc(Br)ccc1-n1[nH]c(C)c(C=Nc2cc([N+](=O)[O-])ccc2O)c1=O. The number of nitrogens with one attached hydrogen (secondary N) is 1.